The van der Waals surface area contributed by atoms with E-state index in [0.29, 0.717) is 23.8 Å². The van der Waals surface area contributed by atoms with Crippen molar-refractivity contribution in [2.24, 2.45) is 0 Å². The number of hydrogen-bond acceptors (Lipinski definition) is 1. The minimum Gasteiger partial charge on any atom is -0.347 e. The molecular formula is C16H16BrFN2O. The lowest BCUT2D eigenvalue weighted by Crippen LogP contribution is -2.25. The number of aryl methyl sites for hydroxylation is 1. The molecule has 0 saturated heterocycles. The first-order chi connectivity index (χ1) is 10.0. The van der Waals surface area contributed by atoms with Crippen LogP contribution < -0.4 is 5.32 Å². The molecule has 21 heavy (non-hydrogen) atoms. The van der Waals surface area contributed by atoms with Gasteiger partial charge in [0.05, 0.1) is 0 Å². The summed E-state index contributed by atoms with van der Waals surface area (Å²) < 4.78 is 16.4. The lowest BCUT2D eigenvalue weighted by Gasteiger charge is -2.09. The Kier molecular flexibility index (Phi) is 3.85. The van der Waals surface area contributed by atoms with Crippen LogP contribution in [0.1, 0.15) is 40.5 Å². The maximum Gasteiger partial charge on any atom is 0.268 e. The molecule has 3 rings (SSSR count). The summed E-state index contributed by atoms with van der Waals surface area (Å²) in [4.78, 5) is 12.3. The summed E-state index contributed by atoms with van der Waals surface area (Å²) in [6, 6.07) is 7.28. The van der Waals surface area contributed by atoms with Crippen LogP contribution in [0.25, 0.3) is 0 Å². The standard InChI is InChI=1S/C16H16BrFN2O/c1-10-2-3-11(6-14(10)18)8-19-16(21)15-7-12(17)9-20(15)13-4-5-13/h2-3,6-7,9,13H,4-5,8H2,1H3,(H,19,21). The zero-order valence-electron chi connectivity index (χ0n) is 11.7. The van der Waals surface area contributed by atoms with Gasteiger partial charge in [0.2, 0.25) is 0 Å². The Morgan fingerprint density at radius 3 is 2.86 bits per heavy atom. The van der Waals surface area contributed by atoms with Crippen LogP contribution in [0, 0.1) is 12.7 Å². The number of halogens is 2. The molecule has 5 heteroatoms. The highest BCUT2D eigenvalue weighted by atomic mass is 79.9. The van der Waals surface area contributed by atoms with Crippen LogP contribution in [-0.4, -0.2) is 10.5 Å². The molecule has 0 spiro atoms. The van der Waals surface area contributed by atoms with Gasteiger partial charge in [0.15, 0.2) is 0 Å². The average molecular weight is 351 g/mol. The third kappa shape index (κ3) is 3.18. The second-order valence-corrected chi connectivity index (χ2v) is 6.36. The summed E-state index contributed by atoms with van der Waals surface area (Å²) in [7, 11) is 0. The van der Waals surface area contributed by atoms with E-state index in [-0.39, 0.29) is 11.7 Å². The maximum absolute atomic E-state index is 13.5. The number of carbonyl (C=O) groups is 1. The molecule has 110 valence electrons. The lowest BCUT2D eigenvalue weighted by atomic mass is 10.1. The van der Waals surface area contributed by atoms with Crippen LogP contribution in [0.15, 0.2) is 34.9 Å². The van der Waals surface area contributed by atoms with Crippen molar-refractivity contribution in [3.63, 3.8) is 0 Å². The van der Waals surface area contributed by atoms with Gasteiger partial charge in [-0.25, -0.2) is 4.39 Å². The smallest absolute Gasteiger partial charge is 0.268 e. The van der Waals surface area contributed by atoms with E-state index in [2.05, 4.69) is 21.2 Å². The van der Waals surface area contributed by atoms with Crippen LogP contribution in [0.5, 0.6) is 0 Å². The molecule has 1 amide bonds. The van der Waals surface area contributed by atoms with Crippen molar-refractivity contribution in [1.82, 2.24) is 9.88 Å². The first kappa shape index (κ1) is 14.3. The number of aromatic nitrogens is 1. The van der Waals surface area contributed by atoms with E-state index < -0.39 is 0 Å². The summed E-state index contributed by atoms with van der Waals surface area (Å²) in [5, 5.41) is 2.85. The molecule has 1 N–H and O–H groups in total. The van der Waals surface area contributed by atoms with Crippen molar-refractivity contribution in [2.75, 3.05) is 0 Å². The third-order valence-electron chi connectivity index (χ3n) is 3.68. The number of nitrogens with one attached hydrogen (secondary N) is 1. The molecule has 1 aromatic carbocycles. The SMILES string of the molecule is Cc1ccc(CNC(=O)c2cc(Br)cn2C2CC2)cc1F. The van der Waals surface area contributed by atoms with Gasteiger partial charge in [0.1, 0.15) is 11.5 Å². The summed E-state index contributed by atoms with van der Waals surface area (Å²) in [6.45, 7) is 2.04. The first-order valence-electron chi connectivity index (χ1n) is 6.95. The third-order valence-corrected chi connectivity index (χ3v) is 4.11. The summed E-state index contributed by atoms with van der Waals surface area (Å²) >= 11 is 3.41. The molecular weight excluding hydrogens is 335 g/mol. The van der Waals surface area contributed by atoms with E-state index in [9.17, 15) is 9.18 Å². The highest BCUT2D eigenvalue weighted by Gasteiger charge is 2.27. The minimum absolute atomic E-state index is 0.131. The largest absolute Gasteiger partial charge is 0.347 e. The highest BCUT2D eigenvalue weighted by molar-refractivity contribution is 9.10. The van der Waals surface area contributed by atoms with Crippen LogP contribution in [0.4, 0.5) is 4.39 Å². The normalized spacial score (nSPS) is 14.2. The van der Waals surface area contributed by atoms with Crippen molar-refractivity contribution in [1.29, 1.82) is 0 Å². The Morgan fingerprint density at radius 2 is 2.19 bits per heavy atom. The molecule has 0 aliphatic heterocycles. The quantitative estimate of drug-likeness (QED) is 0.889. The van der Waals surface area contributed by atoms with Crippen molar-refractivity contribution in [2.45, 2.75) is 32.4 Å². The molecule has 1 heterocycles. The Morgan fingerprint density at radius 1 is 1.43 bits per heavy atom. The molecule has 0 unspecified atom stereocenters. The molecule has 0 atom stereocenters. The van der Waals surface area contributed by atoms with Crippen LogP contribution >= 0.6 is 15.9 Å². The predicted molar refractivity (Wildman–Crippen MR) is 82.7 cm³/mol. The van der Waals surface area contributed by atoms with E-state index >= 15 is 0 Å². The number of benzene rings is 1. The highest BCUT2D eigenvalue weighted by Crippen LogP contribution is 2.37. The van der Waals surface area contributed by atoms with Gasteiger partial charge in [0.25, 0.3) is 5.91 Å². The number of hydrogen-bond donors (Lipinski definition) is 1. The van der Waals surface area contributed by atoms with Crippen LogP contribution in [0.3, 0.4) is 0 Å². The van der Waals surface area contributed by atoms with Crippen LogP contribution in [0.2, 0.25) is 0 Å². The van der Waals surface area contributed by atoms with Crippen LogP contribution in [-0.2, 0) is 6.54 Å². The fraction of sp³-hybridized carbons (Fsp3) is 0.312. The van der Waals surface area contributed by atoms with Gasteiger partial charge in [-0.05, 0) is 59.0 Å². The summed E-state index contributed by atoms with van der Waals surface area (Å²) in [5.74, 6) is -0.376. The van der Waals surface area contributed by atoms with Crippen molar-refractivity contribution in [3.8, 4) is 0 Å². The van der Waals surface area contributed by atoms with Gasteiger partial charge in [-0.2, -0.15) is 0 Å². The van der Waals surface area contributed by atoms with E-state index in [1.165, 1.54) is 6.07 Å². The fourth-order valence-electron chi connectivity index (χ4n) is 2.30. The van der Waals surface area contributed by atoms with E-state index in [4.69, 9.17) is 0 Å². The van der Waals surface area contributed by atoms with E-state index in [1.807, 2.05) is 22.9 Å². The molecule has 1 saturated carbocycles. The number of rotatable bonds is 4. The zero-order chi connectivity index (χ0) is 15.0. The van der Waals surface area contributed by atoms with Crippen molar-refractivity contribution < 1.29 is 9.18 Å². The molecule has 0 bridgehead atoms. The number of nitrogens with zero attached hydrogens (tertiary/aromatic N) is 1. The number of amides is 1. The van der Waals surface area contributed by atoms with Gasteiger partial charge >= 0.3 is 0 Å². The lowest BCUT2D eigenvalue weighted by molar-refractivity contribution is 0.0941. The summed E-state index contributed by atoms with van der Waals surface area (Å²) in [6.07, 6.45) is 4.17. The maximum atomic E-state index is 13.5. The topological polar surface area (TPSA) is 34.0 Å². The second kappa shape index (κ2) is 5.64. The Bertz CT molecular complexity index is 692. The number of carbonyl (C=O) groups excluding carboxylic acids is 1. The molecule has 0 radical (unpaired) electrons. The predicted octanol–water partition coefficient (Wildman–Crippen LogP) is 3.96. The summed E-state index contributed by atoms with van der Waals surface area (Å²) in [5.41, 5.74) is 2.02. The Balaban J connectivity index is 1.70. The van der Waals surface area contributed by atoms with Gasteiger partial charge in [-0.3, -0.25) is 4.79 Å². The minimum atomic E-state index is -0.245. The molecule has 1 aliphatic rings. The average Bonchev–Trinajstić information content (AvgIpc) is 3.22. The first-order valence-corrected chi connectivity index (χ1v) is 7.74. The second-order valence-electron chi connectivity index (χ2n) is 5.45. The molecule has 1 aromatic heterocycles. The molecule has 1 fully saturated rings. The Labute approximate surface area is 131 Å². The molecule has 1 aliphatic carbocycles. The van der Waals surface area contributed by atoms with Crippen molar-refractivity contribution >= 4 is 21.8 Å². The van der Waals surface area contributed by atoms with E-state index in [1.54, 1.807) is 13.0 Å². The molecule has 2 aromatic rings. The fourth-order valence-corrected chi connectivity index (χ4v) is 2.74. The zero-order valence-corrected chi connectivity index (χ0v) is 13.3. The van der Waals surface area contributed by atoms with Gasteiger partial charge in [0, 0.05) is 23.3 Å². The molecule has 3 nitrogen and oxygen atoms in total. The van der Waals surface area contributed by atoms with Gasteiger partial charge < -0.3 is 9.88 Å². The van der Waals surface area contributed by atoms with Gasteiger partial charge in [-0.15, -0.1) is 0 Å². The van der Waals surface area contributed by atoms with Crippen molar-refractivity contribution in [3.05, 3.63) is 57.6 Å². The Hall–Kier alpha value is -1.62. The monoisotopic (exact) mass is 350 g/mol. The van der Waals surface area contributed by atoms with Gasteiger partial charge in [-0.1, -0.05) is 12.1 Å². The van der Waals surface area contributed by atoms with E-state index in [0.717, 1.165) is 22.9 Å².